The maximum atomic E-state index is 10.4. The van der Waals surface area contributed by atoms with Crippen LogP contribution in [0.4, 0.5) is 0 Å². The third kappa shape index (κ3) is 1.84. The highest BCUT2D eigenvalue weighted by Gasteiger charge is 2.12. The Morgan fingerprint density at radius 1 is 0.750 bits per heavy atom. The molecule has 0 aliphatic carbocycles. The SMILES string of the molecule is Cc1cc(-c2cc(O)c3ccccc3c2O)ccc1O. The second-order valence-electron chi connectivity index (χ2n) is 4.84. The molecule has 0 saturated carbocycles. The molecule has 0 amide bonds. The molecule has 0 atom stereocenters. The van der Waals surface area contributed by atoms with Gasteiger partial charge in [-0.2, -0.15) is 0 Å². The molecule has 3 nitrogen and oxygen atoms in total. The summed E-state index contributed by atoms with van der Waals surface area (Å²) in [6.45, 7) is 1.79. The number of benzene rings is 3. The van der Waals surface area contributed by atoms with E-state index in [2.05, 4.69) is 0 Å². The Labute approximate surface area is 116 Å². The van der Waals surface area contributed by atoms with Crippen LogP contribution in [-0.4, -0.2) is 15.3 Å². The van der Waals surface area contributed by atoms with Gasteiger partial charge in [0.2, 0.25) is 0 Å². The monoisotopic (exact) mass is 266 g/mol. The third-order valence-corrected chi connectivity index (χ3v) is 3.50. The van der Waals surface area contributed by atoms with Crippen molar-refractivity contribution in [3.05, 3.63) is 54.1 Å². The fourth-order valence-corrected chi connectivity index (χ4v) is 2.38. The van der Waals surface area contributed by atoms with E-state index in [4.69, 9.17) is 0 Å². The standard InChI is InChI=1S/C17H14O3/c1-10-8-11(6-7-15(10)18)14-9-16(19)12-4-2-3-5-13(12)17(14)20/h2-9,18-20H,1H3. The smallest absolute Gasteiger partial charge is 0.131 e. The lowest BCUT2D eigenvalue weighted by Crippen LogP contribution is -1.84. The predicted octanol–water partition coefficient (Wildman–Crippen LogP) is 3.93. The van der Waals surface area contributed by atoms with Crippen molar-refractivity contribution in [3.8, 4) is 28.4 Å². The van der Waals surface area contributed by atoms with Gasteiger partial charge >= 0.3 is 0 Å². The molecule has 3 N–H and O–H groups in total. The van der Waals surface area contributed by atoms with Crippen LogP contribution in [0.3, 0.4) is 0 Å². The highest BCUT2D eigenvalue weighted by atomic mass is 16.3. The number of hydrogen-bond donors (Lipinski definition) is 3. The number of rotatable bonds is 1. The van der Waals surface area contributed by atoms with Crippen molar-refractivity contribution in [3.63, 3.8) is 0 Å². The quantitative estimate of drug-likeness (QED) is 0.585. The molecule has 0 aliphatic heterocycles. The molecule has 0 aliphatic rings. The minimum absolute atomic E-state index is 0.124. The van der Waals surface area contributed by atoms with Gasteiger partial charge in [0.15, 0.2) is 0 Å². The van der Waals surface area contributed by atoms with E-state index in [0.29, 0.717) is 16.3 Å². The van der Waals surface area contributed by atoms with E-state index in [1.807, 2.05) is 12.1 Å². The summed E-state index contributed by atoms with van der Waals surface area (Å²) in [5, 5.41) is 31.3. The largest absolute Gasteiger partial charge is 0.508 e. The van der Waals surface area contributed by atoms with Gasteiger partial charge in [0.1, 0.15) is 17.2 Å². The summed E-state index contributed by atoms with van der Waals surface area (Å²) in [5.74, 6) is 0.459. The highest BCUT2D eigenvalue weighted by molar-refractivity contribution is 5.98. The van der Waals surface area contributed by atoms with Crippen molar-refractivity contribution in [1.29, 1.82) is 0 Å². The van der Waals surface area contributed by atoms with Crippen LogP contribution in [-0.2, 0) is 0 Å². The number of phenolic OH excluding ortho intramolecular Hbond substituents is 3. The molecule has 0 saturated heterocycles. The highest BCUT2D eigenvalue weighted by Crippen LogP contribution is 2.41. The average molecular weight is 266 g/mol. The van der Waals surface area contributed by atoms with E-state index in [-0.39, 0.29) is 17.2 Å². The Morgan fingerprint density at radius 3 is 2.15 bits per heavy atom. The minimum atomic E-state index is 0.124. The van der Waals surface area contributed by atoms with Crippen LogP contribution < -0.4 is 0 Å². The van der Waals surface area contributed by atoms with Crippen molar-refractivity contribution < 1.29 is 15.3 Å². The summed E-state index contributed by atoms with van der Waals surface area (Å²) in [6, 6.07) is 13.8. The molecule has 20 heavy (non-hydrogen) atoms. The van der Waals surface area contributed by atoms with E-state index < -0.39 is 0 Å². The zero-order valence-electron chi connectivity index (χ0n) is 11.0. The number of hydrogen-bond acceptors (Lipinski definition) is 3. The lowest BCUT2D eigenvalue weighted by atomic mass is 9.97. The van der Waals surface area contributed by atoms with Crippen LogP contribution in [0.5, 0.6) is 17.2 Å². The van der Waals surface area contributed by atoms with Gasteiger partial charge in [0, 0.05) is 16.3 Å². The Kier molecular flexibility index (Phi) is 2.75. The summed E-state index contributed by atoms with van der Waals surface area (Å²) in [6.07, 6.45) is 0. The summed E-state index contributed by atoms with van der Waals surface area (Å²) in [5.41, 5.74) is 2.01. The molecule has 3 aromatic rings. The maximum Gasteiger partial charge on any atom is 0.131 e. The van der Waals surface area contributed by atoms with Gasteiger partial charge in [0.05, 0.1) is 0 Å². The van der Waals surface area contributed by atoms with Gasteiger partial charge in [-0.25, -0.2) is 0 Å². The molecule has 0 heterocycles. The van der Waals surface area contributed by atoms with E-state index in [9.17, 15) is 15.3 Å². The number of aromatic hydroxyl groups is 3. The van der Waals surface area contributed by atoms with Gasteiger partial charge in [-0.3, -0.25) is 0 Å². The van der Waals surface area contributed by atoms with Gasteiger partial charge in [-0.1, -0.05) is 30.3 Å². The van der Waals surface area contributed by atoms with Crippen molar-refractivity contribution in [2.45, 2.75) is 6.92 Å². The van der Waals surface area contributed by atoms with Gasteiger partial charge in [-0.15, -0.1) is 0 Å². The molecule has 0 aromatic heterocycles. The lowest BCUT2D eigenvalue weighted by molar-refractivity contribution is 0.470. The van der Waals surface area contributed by atoms with Crippen molar-refractivity contribution in [2.24, 2.45) is 0 Å². The number of phenols is 3. The zero-order chi connectivity index (χ0) is 14.3. The molecule has 0 radical (unpaired) electrons. The van der Waals surface area contributed by atoms with Crippen molar-refractivity contribution in [2.75, 3.05) is 0 Å². The first kappa shape index (κ1) is 12.4. The maximum absolute atomic E-state index is 10.4. The summed E-state index contributed by atoms with van der Waals surface area (Å²) >= 11 is 0. The zero-order valence-corrected chi connectivity index (χ0v) is 11.0. The molecule has 3 rings (SSSR count). The summed E-state index contributed by atoms with van der Waals surface area (Å²) in [4.78, 5) is 0. The molecular formula is C17H14O3. The van der Waals surface area contributed by atoms with Crippen molar-refractivity contribution in [1.82, 2.24) is 0 Å². The van der Waals surface area contributed by atoms with Crippen molar-refractivity contribution >= 4 is 10.8 Å². The van der Waals surface area contributed by atoms with E-state index >= 15 is 0 Å². The van der Waals surface area contributed by atoms with Crippen LogP contribution in [0.1, 0.15) is 5.56 Å². The second-order valence-corrected chi connectivity index (χ2v) is 4.84. The summed E-state index contributed by atoms with van der Waals surface area (Å²) < 4.78 is 0. The number of fused-ring (bicyclic) bond motifs is 1. The third-order valence-electron chi connectivity index (χ3n) is 3.50. The Morgan fingerprint density at radius 2 is 1.45 bits per heavy atom. The first-order valence-corrected chi connectivity index (χ1v) is 6.31. The molecule has 0 unspecified atom stereocenters. The average Bonchev–Trinajstić information content (AvgIpc) is 2.46. The van der Waals surface area contributed by atoms with Crippen LogP contribution >= 0.6 is 0 Å². The van der Waals surface area contributed by atoms with Gasteiger partial charge in [0.25, 0.3) is 0 Å². The van der Waals surface area contributed by atoms with Crippen LogP contribution in [0.25, 0.3) is 21.9 Å². The molecule has 0 bridgehead atoms. The topological polar surface area (TPSA) is 60.7 Å². The summed E-state index contributed by atoms with van der Waals surface area (Å²) in [7, 11) is 0. The molecule has 100 valence electrons. The van der Waals surface area contributed by atoms with E-state index in [1.54, 1.807) is 43.3 Å². The Balaban J connectivity index is 2.31. The normalized spacial score (nSPS) is 10.8. The Hall–Kier alpha value is -2.68. The molecule has 3 heteroatoms. The first-order chi connectivity index (χ1) is 9.58. The van der Waals surface area contributed by atoms with Crippen LogP contribution in [0, 0.1) is 6.92 Å². The first-order valence-electron chi connectivity index (χ1n) is 6.31. The van der Waals surface area contributed by atoms with Crippen LogP contribution in [0.15, 0.2) is 48.5 Å². The van der Waals surface area contributed by atoms with Gasteiger partial charge < -0.3 is 15.3 Å². The predicted molar refractivity (Wildman–Crippen MR) is 79.1 cm³/mol. The molecule has 0 fully saturated rings. The number of aryl methyl sites for hydroxylation is 1. The van der Waals surface area contributed by atoms with Gasteiger partial charge in [-0.05, 0) is 36.2 Å². The fourth-order valence-electron chi connectivity index (χ4n) is 2.38. The fraction of sp³-hybridized carbons (Fsp3) is 0.0588. The molecule has 3 aromatic carbocycles. The molecule has 0 spiro atoms. The van der Waals surface area contributed by atoms with E-state index in [1.165, 1.54) is 0 Å². The molecular weight excluding hydrogens is 252 g/mol. The lowest BCUT2D eigenvalue weighted by Gasteiger charge is -2.11. The van der Waals surface area contributed by atoms with Crippen LogP contribution in [0.2, 0.25) is 0 Å². The second kappa shape index (κ2) is 4.46. The van der Waals surface area contributed by atoms with E-state index in [0.717, 1.165) is 11.1 Å². The minimum Gasteiger partial charge on any atom is -0.508 e. The Bertz CT molecular complexity index is 807.